The van der Waals surface area contributed by atoms with Gasteiger partial charge >= 0.3 is 12.1 Å². The van der Waals surface area contributed by atoms with E-state index in [4.69, 9.17) is 4.74 Å². The Kier molecular flexibility index (Phi) is 4.21. The van der Waals surface area contributed by atoms with Gasteiger partial charge in [-0.05, 0) is 17.2 Å². The molecule has 112 valence electrons. The molecule has 1 heterocycles. The highest BCUT2D eigenvalue weighted by Gasteiger charge is 2.37. The van der Waals surface area contributed by atoms with Crippen molar-refractivity contribution in [2.75, 3.05) is 6.61 Å². The lowest BCUT2D eigenvalue weighted by Gasteiger charge is -2.33. The topological polar surface area (TPSA) is 66.8 Å². The minimum absolute atomic E-state index is 0.0184. The molecule has 1 aromatic rings. The van der Waals surface area contributed by atoms with Crippen molar-refractivity contribution in [2.24, 2.45) is 0 Å². The zero-order valence-electron chi connectivity index (χ0n) is 11.0. The molecule has 1 aliphatic heterocycles. The third-order valence-corrected chi connectivity index (χ3v) is 3.25. The van der Waals surface area contributed by atoms with Crippen LogP contribution in [-0.2, 0) is 22.5 Å². The molecule has 0 radical (unpaired) electrons. The van der Waals surface area contributed by atoms with Gasteiger partial charge in [0.05, 0.1) is 6.54 Å². The first-order valence-corrected chi connectivity index (χ1v) is 6.18. The van der Waals surface area contributed by atoms with Gasteiger partial charge in [0.25, 0.3) is 0 Å². The molecule has 0 bridgehead atoms. The number of fused-ring (bicyclic) bond motifs is 1. The number of hydrogen-bond acceptors (Lipinski definition) is 3. The van der Waals surface area contributed by atoms with E-state index in [1.54, 1.807) is 0 Å². The molecule has 1 unspecified atom stereocenters. The first kappa shape index (κ1) is 15.0. The van der Waals surface area contributed by atoms with E-state index in [2.05, 4.69) is 6.58 Å². The molecule has 1 N–H and O–H groups in total. The predicted molar refractivity (Wildman–Crippen MR) is 68.6 cm³/mol. The summed E-state index contributed by atoms with van der Waals surface area (Å²) in [6.07, 6.45) is 0.204. The lowest BCUT2D eigenvalue weighted by molar-refractivity contribution is -0.143. The van der Waals surface area contributed by atoms with Crippen LogP contribution in [0.3, 0.4) is 0 Å². The Labute approximate surface area is 119 Å². The van der Waals surface area contributed by atoms with Gasteiger partial charge in [0.2, 0.25) is 0 Å². The number of hydrogen-bond donors (Lipinski definition) is 1. The van der Waals surface area contributed by atoms with Gasteiger partial charge in [-0.2, -0.15) is 0 Å². The number of nitrogens with zero attached hydrogens (tertiary/aromatic N) is 1. The monoisotopic (exact) mass is 297 g/mol. The molecule has 21 heavy (non-hydrogen) atoms. The first-order valence-electron chi connectivity index (χ1n) is 6.18. The summed E-state index contributed by atoms with van der Waals surface area (Å²) in [7, 11) is 0. The second-order valence-corrected chi connectivity index (χ2v) is 4.55. The van der Waals surface area contributed by atoms with E-state index in [-0.39, 0.29) is 25.1 Å². The summed E-state index contributed by atoms with van der Waals surface area (Å²) in [6, 6.07) is 0.980. The highest BCUT2D eigenvalue weighted by atomic mass is 19.2. The third kappa shape index (κ3) is 2.86. The number of carboxylic acids is 1. The van der Waals surface area contributed by atoms with Gasteiger partial charge in [-0.25, -0.2) is 18.4 Å². The number of aliphatic carboxylic acids is 1. The van der Waals surface area contributed by atoms with E-state index in [1.807, 2.05) is 0 Å². The number of rotatable bonds is 3. The average Bonchev–Trinajstić information content (AvgIpc) is 2.47. The van der Waals surface area contributed by atoms with Crippen molar-refractivity contribution in [1.82, 2.24) is 4.90 Å². The Balaban J connectivity index is 2.34. The van der Waals surface area contributed by atoms with Crippen LogP contribution in [0.5, 0.6) is 0 Å². The van der Waals surface area contributed by atoms with Crippen LogP contribution in [0.2, 0.25) is 0 Å². The molecule has 0 saturated carbocycles. The predicted octanol–water partition coefficient (Wildman–Crippen LogP) is 2.10. The van der Waals surface area contributed by atoms with Crippen molar-refractivity contribution in [3.8, 4) is 0 Å². The fourth-order valence-corrected chi connectivity index (χ4v) is 2.22. The minimum Gasteiger partial charge on any atom is -0.480 e. The molecule has 5 nitrogen and oxygen atoms in total. The number of amides is 1. The normalized spacial score (nSPS) is 17.0. The number of carbonyl (C=O) groups excluding carboxylic acids is 1. The molecule has 0 aliphatic carbocycles. The molecule has 1 amide bonds. The van der Waals surface area contributed by atoms with Crippen LogP contribution in [0.25, 0.3) is 0 Å². The fourth-order valence-electron chi connectivity index (χ4n) is 2.22. The van der Waals surface area contributed by atoms with E-state index in [1.165, 1.54) is 12.1 Å². The van der Waals surface area contributed by atoms with Gasteiger partial charge < -0.3 is 9.84 Å². The van der Waals surface area contributed by atoms with Gasteiger partial charge in [-0.1, -0.05) is 18.7 Å². The molecular weight excluding hydrogens is 284 g/mol. The van der Waals surface area contributed by atoms with Gasteiger partial charge in [0.15, 0.2) is 11.6 Å². The molecular formula is C14H13F2NO4. The van der Waals surface area contributed by atoms with Gasteiger partial charge in [-0.3, -0.25) is 4.90 Å². The fraction of sp³-hybridized carbons (Fsp3) is 0.286. The Bertz CT molecular complexity index is 603. The second-order valence-electron chi connectivity index (χ2n) is 4.55. The first-order chi connectivity index (χ1) is 9.95. The van der Waals surface area contributed by atoms with Crippen molar-refractivity contribution in [2.45, 2.75) is 19.0 Å². The van der Waals surface area contributed by atoms with E-state index in [9.17, 15) is 23.5 Å². The van der Waals surface area contributed by atoms with Crippen molar-refractivity contribution in [3.63, 3.8) is 0 Å². The zero-order chi connectivity index (χ0) is 15.6. The Hall–Kier alpha value is -2.44. The highest BCUT2D eigenvalue weighted by Crippen LogP contribution is 2.27. The summed E-state index contributed by atoms with van der Waals surface area (Å²) in [5.41, 5.74) is 0.345. The number of benzene rings is 1. The number of carbonyl (C=O) groups is 2. The van der Waals surface area contributed by atoms with Crippen molar-refractivity contribution >= 4 is 12.1 Å². The maximum atomic E-state index is 13.7. The lowest BCUT2D eigenvalue weighted by Crippen LogP contribution is -2.49. The molecule has 1 aromatic carbocycles. The van der Waals surface area contributed by atoms with Crippen LogP contribution in [-0.4, -0.2) is 34.7 Å². The summed E-state index contributed by atoms with van der Waals surface area (Å²) in [4.78, 5) is 24.1. The van der Waals surface area contributed by atoms with Crippen molar-refractivity contribution < 1.29 is 28.2 Å². The number of halogens is 2. The van der Waals surface area contributed by atoms with Crippen LogP contribution in [0.1, 0.15) is 11.1 Å². The summed E-state index contributed by atoms with van der Waals surface area (Å²) < 4.78 is 31.8. The van der Waals surface area contributed by atoms with Crippen LogP contribution < -0.4 is 0 Å². The molecule has 2 rings (SSSR count). The van der Waals surface area contributed by atoms with E-state index >= 15 is 0 Å². The van der Waals surface area contributed by atoms with E-state index in [0.717, 1.165) is 11.0 Å². The summed E-state index contributed by atoms with van der Waals surface area (Å²) in [6.45, 7) is 3.17. The third-order valence-electron chi connectivity index (χ3n) is 3.25. The molecule has 1 atom stereocenters. The summed E-state index contributed by atoms with van der Waals surface area (Å²) in [5, 5.41) is 9.18. The Morgan fingerprint density at radius 3 is 2.81 bits per heavy atom. The van der Waals surface area contributed by atoms with Crippen molar-refractivity contribution in [3.05, 3.63) is 47.5 Å². The van der Waals surface area contributed by atoms with E-state index < -0.39 is 29.7 Å². The molecule has 0 aromatic heterocycles. The number of ether oxygens (including phenoxy) is 1. The standard InChI is InChI=1S/C14H13F2NO4/c1-2-5-21-14(20)17-7-8-3-4-10(15)12(16)9(8)6-11(17)13(18)19/h2-4,11H,1,5-7H2,(H,18,19). The molecule has 0 saturated heterocycles. The zero-order valence-corrected chi connectivity index (χ0v) is 11.0. The molecule has 0 spiro atoms. The smallest absolute Gasteiger partial charge is 0.411 e. The van der Waals surface area contributed by atoms with Crippen LogP contribution in [0.4, 0.5) is 13.6 Å². The number of carboxylic acid groups (broad SMARTS) is 1. The van der Waals surface area contributed by atoms with Gasteiger partial charge in [-0.15, -0.1) is 0 Å². The molecule has 0 fully saturated rings. The van der Waals surface area contributed by atoms with Crippen molar-refractivity contribution in [1.29, 1.82) is 0 Å². The molecule has 1 aliphatic rings. The molecule has 7 heteroatoms. The SMILES string of the molecule is C=CCOC(=O)N1Cc2ccc(F)c(F)c2CC1C(=O)O. The maximum Gasteiger partial charge on any atom is 0.411 e. The summed E-state index contributed by atoms with van der Waals surface area (Å²) >= 11 is 0. The van der Waals surface area contributed by atoms with E-state index in [0.29, 0.717) is 5.56 Å². The van der Waals surface area contributed by atoms with Gasteiger partial charge in [0.1, 0.15) is 12.6 Å². The van der Waals surface area contributed by atoms with Gasteiger partial charge in [0, 0.05) is 6.42 Å². The summed E-state index contributed by atoms with van der Waals surface area (Å²) in [5.74, 6) is -3.42. The van der Waals surface area contributed by atoms with Crippen LogP contribution in [0.15, 0.2) is 24.8 Å². The Morgan fingerprint density at radius 2 is 2.19 bits per heavy atom. The maximum absolute atomic E-state index is 13.7. The quantitative estimate of drug-likeness (QED) is 0.868. The van der Waals surface area contributed by atoms with Crippen LogP contribution in [0, 0.1) is 11.6 Å². The Morgan fingerprint density at radius 1 is 1.48 bits per heavy atom. The van der Waals surface area contributed by atoms with Crippen LogP contribution >= 0.6 is 0 Å². The average molecular weight is 297 g/mol. The second kappa shape index (κ2) is 5.90. The largest absolute Gasteiger partial charge is 0.480 e. The minimum atomic E-state index is -1.31. The highest BCUT2D eigenvalue weighted by molar-refractivity contribution is 5.81. The lowest BCUT2D eigenvalue weighted by atomic mass is 9.93.